The van der Waals surface area contributed by atoms with Crippen molar-refractivity contribution in [2.75, 3.05) is 6.61 Å². The Morgan fingerprint density at radius 2 is 1.89 bits per heavy atom. The van der Waals surface area contributed by atoms with Gasteiger partial charge in [0.25, 0.3) is 0 Å². The smallest absolute Gasteiger partial charge is 0.333 e. The van der Waals surface area contributed by atoms with Crippen LogP contribution in [-0.4, -0.2) is 18.1 Å². The number of carbonyl (C=O) groups excluding carboxylic acids is 1. The Morgan fingerprint density at radius 3 is 2.21 bits per heavy atom. The van der Waals surface area contributed by atoms with Crippen molar-refractivity contribution in [3.63, 3.8) is 0 Å². The second kappa shape index (κ2) is 8.73. The van der Waals surface area contributed by atoms with Crippen LogP contribution in [0.1, 0.15) is 26.3 Å². The maximum absolute atomic E-state index is 10.8. The Hall–Kier alpha value is -1.32. The average molecular weight is 284 g/mol. The van der Waals surface area contributed by atoms with E-state index in [1.165, 1.54) is 5.56 Å². The van der Waals surface area contributed by atoms with Crippen LogP contribution in [0, 0.1) is 0 Å². The lowest BCUT2D eigenvalue weighted by Crippen LogP contribution is -2.38. The molecule has 0 bridgehead atoms. The highest BCUT2D eigenvalue weighted by Crippen LogP contribution is 2.01. The zero-order valence-corrected chi connectivity index (χ0v) is 12.5. The largest absolute Gasteiger partial charge is 0.460 e. The molecular formula is C15H22ClNO2. The minimum Gasteiger partial charge on any atom is -0.460 e. The molecule has 0 aliphatic carbocycles. The minimum absolute atomic E-state index is 0.221. The lowest BCUT2D eigenvalue weighted by atomic mass is 10.1. The molecule has 0 radical (unpaired) electrons. The van der Waals surface area contributed by atoms with Crippen LogP contribution >= 0.6 is 11.6 Å². The average Bonchev–Trinajstić information content (AvgIpc) is 2.36. The highest BCUT2D eigenvalue weighted by atomic mass is 35.5. The van der Waals surface area contributed by atoms with Crippen molar-refractivity contribution in [1.82, 2.24) is 0 Å². The van der Waals surface area contributed by atoms with Crippen molar-refractivity contribution in [2.24, 2.45) is 5.73 Å². The number of carbonyl (C=O) groups is 1. The molecule has 1 rings (SSSR count). The molecule has 0 aliphatic heterocycles. The summed E-state index contributed by atoms with van der Waals surface area (Å²) in [6.45, 7) is 8.85. The summed E-state index contributed by atoms with van der Waals surface area (Å²) in [6.07, 6.45) is 0. The van der Waals surface area contributed by atoms with Crippen molar-refractivity contribution in [3.8, 4) is 0 Å². The molecule has 0 fully saturated rings. The fraction of sp³-hybridized carbons (Fsp3) is 0.400. The van der Waals surface area contributed by atoms with Crippen LogP contribution in [0.2, 0.25) is 0 Å². The molecule has 0 spiro atoms. The predicted molar refractivity (Wildman–Crippen MR) is 80.0 cm³/mol. The van der Waals surface area contributed by atoms with Gasteiger partial charge in [-0.15, -0.1) is 11.6 Å². The minimum atomic E-state index is -0.467. The van der Waals surface area contributed by atoms with E-state index in [9.17, 15) is 4.79 Å². The van der Waals surface area contributed by atoms with Gasteiger partial charge < -0.3 is 10.5 Å². The monoisotopic (exact) mass is 283 g/mol. The van der Waals surface area contributed by atoms with E-state index in [4.69, 9.17) is 22.1 Å². The zero-order valence-electron chi connectivity index (χ0n) is 11.8. The van der Waals surface area contributed by atoms with E-state index < -0.39 is 5.54 Å². The summed E-state index contributed by atoms with van der Waals surface area (Å²) in [5.41, 5.74) is 6.68. The summed E-state index contributed by atoms with van der Waals surface area (Å²) < 4.78 is 4.80. The molecule has 0 aliphatic rings. The Bertz CT molecular complexity index is 396. The molecule has 0 saturated heterocycles. The standard InChI is InChI=1S/C8H15NO2.C7H7Cl/c1-6(2)7(10)11-5-8(3,4)9;8-6-7-4-2-1-3-5-7/h1,5,9H2,2-4H3;1-5H,6H2. The Balaban J connectivity index is 0.000000356. The topological polar surface area (TPSA) is 52.3 Å². The number of alkyl halides is 1. The van der Waals surface area contributed by atoms with Gasteiger partial charge in [-0.1, -0.05) is 36.9 Å². The van der Waals surface area contributed by atoms with Crippen LogP contribution in [0.5, 0.6) is 0 Å². The molecule has 1 aromatic carbocycles. The van der Waals surface area contributed by atoms with Crippen LogP contribution in [0.4, 0.5) is 0 Å². The van der Waals surface area contributed by atoms with E-state index in [-0.39, 0.29) is 12.6 Å². The van der Waals surface area contributed by atoms with Crippen molar-refractivity contribution in [1.29, 1.82) is 0 Å². The molecule has 3 nitrogen and oxygen atoms in total. The molecular weight excluding hydrogens is 262 g/mol. The van der Waals surface area contributed by atoms with Crippen LogP contribution in [0.25, 0.3) is 0 Å². The van der Waals surface area contributed by atoms with E-state index in [0.717, 1.165) is 0 Å². The number of rotatable bonds is 4. The molecule has 19 heavy (non-hydrogen) atoms. The molecule has 0 aromatic heterocycles. The fourth-order valence-corrected chi connectivity index (χ4v) is 1.12. The van der Waals surface area contributed by atoms with Crippen LogP contribution in [0.3, 0.4) is 0 Å². The lowest BCUT2D eigenvalue weighted by Gasteiger charge is -2.17. The summed E-state index contributed by atoms with van der Waals surface area (Å²) in [5.74, 6) is 0.226. The van der Waals surface area contributed by atoms with E-state index in [1.54, 1.807) is 20.8 Å². The Morgan fingerprint density at radius 1 is 1.37 bits per heavy atom. The van der Waals surface area contributed by atoms with Gasteiger partial charge in [-0.2, -0.15) is 0 Å². The predicted octanol–water partition coefficient (Wildman–Crippen LogP) is 3.27. The third-order valence-corrected chi connectivity index (χ3v) is 2.23. The van der Waals surface area contributed by atoms with Gasteiger partial charge in [-0.3, -0.25) is 0 Å². The first-order valence-corrected chi connectivity index (χ1v) is 6.51. The maximum atomic E-state index is 10.8. The van der Waals surface area contributed by atoms with Gasteiger partial charge in [0.05, 0.1) is 0 Å². The molecule has 1 aromatic rings. The van der Waals surface area contributed by atoms with Gasteiger partial charge in [-0.05, 0) is 26.3 Å². The molecule has 0 atom stereocenters. The summed E-state index contributed by atoms with van der Waals surface area (Å²) >= 11 is 5.53. The number of halogens is 1. The van der Waals surface area contributed by atoms with Gasteiger partial charge in [0.1, 0.15) is 6.61 Å². The van der Waals surface area contributed by atoms with E-state index in [0.29, 0.717) is 11.5 Å². The SMILES string of the molecule is C=C(C)C(=O)OCC(C)(C)N.ClCc1ccccc1. The number of hydrogen-bond donors (Lipinski definition) is 1. The summed E-state index contributed by atoms with van der Waals surface area (Å²) in [7, 11) is 0. The first-order chi connectivity index (χ1) is 8.76. The van der Waals surface area contributed by atoms with Gasteiger partial charge in [0.15, 0.2) is 0 Å². The lowest BCUT2D eigenvalue weighted by molar-refractivity contribution is -0.140. The van der Waals surface area contributed by atoms with E-state index in [2.05, 4.69) is 6.58 Å². The van der Waals surface area contributed by atoms with E-state index in [1.807, 2.05) is 30.3 Å². The number of esters is 1. The maximum Gasteiger partial charge on any atom is 0.333 e. The second-order valence-electron chi connectivity index (χ2n) is 4.96. The van der Waals surface area contributed by atoms with Gasteiger partial charge in [-0.25, -0.2) is 4.79 Å². The van der Waals surface area contributed by atoms with E-state index >= 15 is 0 Å². The van der Waals surface area contributed by atoms with Crippen LogP contribution in [0.15, 0.2) is 42.5 Å². The van der Waals surface area contributed by atoms with Gasteiger partial charge in [0, 0.05) is 17.0 Å². The molecule has 106 valence electrons. The number of ether oxygens (including phenoxy) is 1. The van der Waals surface area contributed by atoms with Crippen molar-refractivity contribution in [3.05, 3.63) is 48.0 Å². The first kappa shape index (κ1) is 17.7. The molecule has 0 saturated carbocycles. The zero-order chi connectivity index (χ0) is 14.9. The molecule has 2 N–H and O–H groups in total. The first-order valence-electron chi connectivity index (χ1n) is 5.97. The normalized spacial score (nSPS) is 10.2. The number of benzene rings is 1. The molecule has 4 heteroatoms. The Kier molecular flexibility index (Phi) is 8.12. The van der Waals surface area contributed by atoms with Crippen molar-refractivity contribution >= 4 is 17.6 Å². The third-order valence-electron chi connectivity index (χ3n) is 1.92. The summed E-state index contributed by atoms with van der Waals surface area (Å²) in [4.78, 5) is 10.8. The van der Waals surface area contributed by atoms with Crippen LogP contribution < -0.4 is 5.73 Å². The highest BCUT2D eigenvalue weighted by molar-refractivity contribution is 6.17. The molecule has 0 unspecified atom stereocenters. The van der Waals surface area contributed by atoms with Crippen molar-refractivity contribution in [2.45, 2.75) is 32.2 Å². The summed E-state index contributed by atoms with van der Waals surface area (Å²) in [5, 5.41) is 0. The highest BCUT2D eigenvalue weighted by Gasteiger charge is 2.13. The number of nitrogens with two attached hydrogens (primary N) is 1. The van der Waals surface area contributed by atoms with Gasteiger partial charge in [0.2, 0.25) is 0 Å². The summed E-state index contributed by atoms with van der Waals surface area (Å²) in [6, 6.07) is 9.96. The third kappa shape index (κ3) is 10.3. The number of hydrogen-bond acceptors (Lipinski definition) is 3. The second-order valence-corrected chi connectivity index (χ2v) is 5.23. The van der Waals surface area contributed by atoms with Gasteiger partial charge >= 0.3 is 5.97 Å². The quantitative estimate of drug-likeness (QED) is 0.524. The Labute approximate surface area is 120 Å². The van der Waals surface area contributed by atoms with Crippen molar-refractivity contribution < 1.29 is 9.53 Å². The fourth-order valence-electron chi connectivity index (χ4n) is 0.942. The van der Waals surface area contributed by atoms with Crippen LogP contribution in [-0.2, 0) is 15.4 Å². The molecule has 0 heterocycles. The molecule has 0 amide bonds.